The number of unbranched alkanes of at least 4 members (excludes halogenated alkanes) is 1. The summed E-state index contributed by atoms with van der Waals surface area (Å²) in [6.45, 7) is 2.86. The zero-order valence-corrected chi connectivity index (χ0v) is 13.8. The Morgan fingerprint density at radius 3 is 2.35 bits per heavy atom. The molecule has 4 nitrogen and oxygen atoms in total. The van der Waals surface area contributed by atoms with Gasteiger partial charge in [-0.25, -0.2) is 0 Å². The minimum atomic E-state index is 0.684. The van der Waals surface area contributed by atoms with Gasteiger partial charge in [0.2, 0.25) is 6.41 Å². The second-order valence-corrected chi connectivity index (χ2v) is 5.35. The molecule has 23 heavy (non-hydrogen) atoms. The van der Waals surface area contributed by atoms with Gasteiger partial charge >= 0.3 is 0 Å². The highest BCUT2D eigenvalue weighted by Gasteiger charge is 1.94. The molecule has 0 radical (unpaired) electrons. The van der Waals surface area contributed by atoms with E-state index in [1.807, 2.05) is 42.5 Å². The molecule has 1 amide bonds. The average Bonchev–Trinajstić information content (AvgIpc) is 2.55. The minimum Gasteiger partial charge on any atom is -0.399 e. The van der Waals surface area contributed by atoms with Gasteiger partial charge in [0.05, 0.1) is 0 Å². The van der Waals surface area contributed by atoms with E-state index in [4.69, 9.17) is 11.5 Å². The Kier molecular flexibility index (Phi) is 9.17. The highest BCUT2D eigenvalue weighted by molar-refractivity contribution is 5.71. The number of nitrogen functional groups attached to an aromatic ring is 1. The highest BCUT2D eigenvalue weighted by Crippen LogP contribution is 2.12. The topological polar surface area (TPSA) is 81.1 Å². The molecule has 2 aromatic carbocycles. The van der Waals surface area contributed by atoms with Gasteiger partial charge in [-0.15, -0.1) is 0 Å². The van der Waals surface area contributed by atoms with Crippen LogP contribution in [0.15, 0.2) is 48.5 Å². The maximum absolute atomic E-state index is 10.2. The Morgan fingerprint density at radius 1 is 1.04 bits per heavy atom. The first-order valence-electron chi connectivity index (χ1n) is 8.03. The Labute approximate surface area is 138 Å². The molecule has 0 saturated carbocycles. The van der Waals surface area contributed by atoms with E-state index in [0.717, 1.165) is 24.2 Å². The third-order valence-electron chi connectivity index (χ3n) is 3.36. The fraction of sp³-hybridized carbons (Fsp3) is 0.316. The maximum atomic E-state index is 10.2. The van der Waals surface area contributed by atoms with Gasteiger partial charge in [-0.2, -0.15) is 0 Å². The zero-order valence-electron chi connectivity index (χ0n) is 13.8. The van der Waals surface area contributed by atoms with Crippen molar-refractivity contribution in [1.29, 1.82) is 0 Å². The van der Waals surface area contributed by atoms with Crippen LogP contribution >= 0.6 is 0 Å². The Hall–Kier alpha value is -2.33. The molecule has 124 valence electrons. The van der Waals surface area contributed by atoms with Crippen molar-refractivity contribution in [3.05, 3.63) is 59.7 Å². The summed E-state index contributed by atoms with van der Waals surface area (Å²) < 4.78 is 0. The molecule has 0 bridgehead atoms. The first kappa shape index (κ1) is 18.7. The van der Waals surface area contributed by atoms with Crippen LogP contribution in [0.2, 0.25) is 0 Å². The van der Waals surface area contributed by atoms with Crippen LogP contribution in [0.25, 0.3) is 0 Å². The summed E-state index contributed by atoms with van der Waals surface area (Å²) in [7, 11) is 0. The number of hydrogen-bond donors (Lipinski definition) is 3. The number of hydrogen-bond acceptors (Lipinski definition) is 3. The Bertz CT molecular complexity index is 584. The Balaban J connectivity index is 0.000000238. The van der Waals surface area contributed by atoms with Gasteiger partial charge in [0, 0.05) is 11.4 Å². The summed E-state index contributed by atoms with van der Waals surface area (Å²) in [5.74, 6) is 0. The first-order chi connectivity index (χ1) is 11.2. The van der Waals surface area contributed by atoms with Crippen molar-refractivity contribution in [2.45, 2.75) is 32.6 Å². The van der Waals surface area contributed by atoms with Crippen molar-refractivity contribution in [2.24, 2.45) is 5.73 Å². The molecule has 0 spiro atoms. The lowest BCUT2D eigenvalue weighted by Crippen LogP contribution is -2.02. The minimum absolute atomic E-state index is 0.684. The second kappa shape index (κ2) is 11.3. The van der Waals surface area contributed by atoms with Crippen molar-refractivity contribution >= 4 is 17.8 Å². The predicted molar refractivity (Wildman–Crippen MR) is 98.4 cm³/mol. The van der Waals surface area contributed by atoms with Crippen LogP contribution in [-0.4, -0.2) is 13.0 Å². The normalized spacial score (nSPS) is 9.65. The van der Waals surface area contributed by atoms with Crippen LogP contribution < -0.4 is 16.8 Å². The number of carbonyl (C=O) groups excluding carboxylic acids is 1. The van der Waals surface area contributed by atoms with Crippen LogP contribution in [0.3, 0.4) is 0 Å². The third kappa shape index (κ3) is 8.02. The van der Waals surface area contributed by atoms with E-state index < -0.39 is 0 Å². The molecular weight excluding hydrogens is 286 g/mol. The molecule has 0 saturated heterocycles. The summed E-state index contributed by atoms with van der Waals surface area (Å²) in [4.78, 5) is 10.2. The molecule has 0 atom stereocenters. The summed E-state index contributed by atoms with van der Waals surface area (Å²) >= 11 is 0. The fourth-order valence-corrected chi connectivity index (χ4v) is 2.18. The molecule has 2 rings (SSSR count). The maximum Gasteiger partial charge on any atom is 0.211 e. The quantitative estimate of drug-likeness (QED) is 0.541. The van der Waals surface area contributed by atoms with E-state index in [1.165, 1.54) is 24.0 Å². The lowest BCUT2D eigenvalue weighted by molar-refractivity contribution is -0.105. The van der Waals surface area contributed by atoms with E-state index >= 15 is 0 Å². The zero-order chi connectivity index (χ0) is 16.9. The molecule has 0 aliphatic rings. The van der Waals surface area contributed by atoms with Crippen LogP contribution in [0.5, 0.6) is 0 Å². The molecule has 0 aliphatic heterocycles. The summed E-state index contributed by atoms with van der Waals surface area (Å²) in [5.41, 5.74) is 15.1. The molecule has 0 aliphatic carbocycles. The van der Waals surface area contributed by atoms with E-state index in [0.29, 0.717) is 13.0 Å². The number of aryl methyl sites for hydroxylation is 1. The largest absolute Gasteiger partial charge is 0.399 e. The van der Waals surface area contributed by atoms with E-state index in [9.17, 15) is 4.79 Å². The highest BCUT2D eigenvalue weighted by atomic mass is 16.1. The number of nitrogens with two attached hydrogens (primary N) is 2. The van der Waals surface area contributed by atoms with Crippen molar-refractivity contribution in [3.8, 4) is 0 Å². The SMILES string of the molecule is CCCCc1cccc(NC=O)c1.NCCc1cccc(N)c1. The number of nitrogens with one attached hydrogen (secondary N) is 1. The monoisotopic (exact) mass is 313 g/mol. The van der Waals surface area contributed by atoms with E-state index in [1.54, 1.807) is 0 Å². The van der Waals surface area contributed by atoms with Crippen molar-refractivity contribution in [3.63, 3.8) is 0 Å². The first-order valence-corrected chi connectivity index (χ1v) is 8.03. The lowest BCUT2D eigenvalue weighted by atomic mass is 10.1. The molecule has 0 fully saturated rings. The van der Waals surface area contributed by atoms with Gasteiger partial charge < -0.3 is 16.8 Å². The molecule has 0 heterocycles. The molecule has 4 heteroatoms. The molecular formula is C19H27N3O. The predicted octanol–water partition coefficient (Wildman–Crippen LogP) is 3.37. The van der Waals surface area contributed by atoms with Gasteiger partial charge in [0.25, 0.3) is 0 Å². The third-order valence-corrected chi connectivity index (χ3v) is 3.36. The van der Waals surface area contributed by atoms with Gasteiger partial charge in [0.15, 0.2) is 0 Å². The van der Waals surface area contributed by atoms with Crippen LogP contribution in [0.1, 0.15) is 30.9 Å². The van der Waals surface area contributed by atoms with E-state index in [2.05, 4.69) is 18.3 Å². The summed E-state index contributed by atoms with van der Waals surface area (Å²) in [5, 5.41) is 2.64. The fourth-order valence-electron chi connectivity index (χ4n) is 2.18. The number of anilines is 2. The standard InChI is InChI=1S/C11H15NO.C8H12N2/c1-2-3-5-10-6-4-7-11(8-10)12-9-13;9-5-4-7-2-1-3-8(10)6-7/h4,6-9H,2-3,5H2,1H3,(H,12,13);1-3,6H,4-5,9-10H2. The molecule has 0 unspecified atom stereocenters. The summed E-state index contributed by atoms with van der Waals surface area (Å²) in [6, 6.07) is 15.8. The molecule has 0 aromatic heterocycles. The number of benzene rings is 2. The van der Waals surface area contributed by atoms with Gasteiger partial charge in [0.1, 0.15) is 0 Å². The van der Waals surface area contributed by atoms with Crippen molar-refractivity contribution < 1.29 is 4.79 Å². The average molecular weight is 313 g/mol. The van der Waals surface area contributed by atoms with Crippen LogP contribution in [0, 0.1) is 0 Å². The lowest BCUT2D eigenvalue weighted by Gasteiger charge is -2.02. The Morgan fingerprint density at radius 2 is 1.74 bits per heavy atom. The number of carbonyl (C=O) groups is 1. The van der Waals surface area contributed by atoms with Crippen LogP contribution in [-0.2, 0) is 17.6 Å². The number of amides is 1. The number of rotatable bonds is 7. The van der Waals surface area contributed by atoms with Crippen LogP contribution in [0.4, 0.5) is 11.4 Å². The molecule has 5 N–H and O–H groups in total. The van der Waals surface area contributed by atoms with Gasteiger partial charge in [-0.05, 0) is 61.2 Å². The van der Waals surface area contributed by atoms with Crippen molar-refractivity contribution in [2.75, 3.05) is 17.6 Å². The van der Waals surface area contributed by atoms with Gasteiger partial charge in [-0.1, -0.05) is 37.6 Å². The van der Waals surface area contributed by atoms with Gasteiger partial charge in [-0.3, -0.25) is 4.79 Å². The molecule has 2 aromatic rings. The van der Waals surface area contributed by atoms with Crippen molar-refractivity contribution in [1.82, 2.24) is 0 Å². The van der Waals surface area contributed by atoms with E-state index in [-0.39, 0.29) is 0 Å². The smallest absolute Gasteiger partial charge is 0.211 e. The second-order valence-electron chi connectivity index (χ2n) is 5.35. The summed E-state index contributed by atoms with van der Waals surface area (Å²) in [6.07, 6.45) is 5.10.